The van der Waals surface area contributed by atoms with E-state index in [1.54, 1.807) is 31.1 Å². The van der Waals surface area contributed by atoms with Crippen molar-refractivity contribution in [3.8, 4) is 11.5 Å². The fourth-order valence-electron chi connectivity index (χ4n) is 3.52. The molecule has 1 atom stereocenters. The first-order valence-corrected chi connectivity index (χ1v) is 10.0. The van der Waals surface area contributed by atoms with E-state index in [0.717, 1.165) is 25.9 Å². The van der Waals surface area contributed by atoms with E-state index in [0.29, 0.717) is 37.2 Å². The van der Waals surface area contributed by atoms with Crippen LogP contribution in [0.5, 0.6) is 11.5 Å². The molecule has 0 spiro atoms. The number of para-hydroxylation sites is 2. The van der Waals surface area contributed by atoms with Crippen molar-refractivity contribution in [2.75, 3.05) is 46.5 Å². The molecule has 0 aromatic heterocycles. The smallest absolute Gasteiger partial charge is 0.307 e. The summed E-state index contributed by atoms with van der Waals surface area (Å²) in [7, 11) is 1.56. The Morgan fingerprint density at radius 3 is 2.64 bits per heavy atom. The van der Waals surface area contributed by atoms with Crippen molar-refractivity contribution >= 4 is 11.9 Å². The molecule has 0 saturated carbocycles. The standard InChI is InChI=1S/C21H32N2O5/c1-4-22-13-8-9-17(22)15-23(14-12-21(25)27-5-2)20(24)16-28-19-11-7-6-10-18(19)26-3/h6-7,10-11,17H,4-5,8-9,12-16H2,1-3H3. The summed E-state index contributed by atoms with van der Waals surface area (Å²) in [5, 5.41) is 0. The van der Waals surface area contributed by atoms with Crippen LogP contribution in [0.4, 0.5) is 0 Å². The molecule has 1 aliphatic heterocycles. The predicted octanol–water partition coefficient (Wildman–Crippen LogP) is 2.34. The molecule has 1 saturated heterocycles. The number of amides is 1. The molecule has 1 aromatic carbocycles. The molecule has 7 nitrogen and oxygen atoms in total. The van der Waals surface area contributed by atoms with Crippen LogP contribution in [-0.2, 0) is 14.3 Å². The van der Waals surface area contributed by atoms with Gasteiger partial charge in [0.15, 0.2) is 18.1 Å². The summed E-state index contributed by atoms with van der Waals surface area (Å²) in [5.74, 6) is 0.684. The van der Waals surface area contributed by atoms with Crippen LogP contribution in [-0.4, -0.2) is 74.2 Å². The molecule has 2 rings (SSSR count). The minimum atomic E-state index is -0.287. The Kier molecular flexibility index (Phi) is 9.07. The van der Waals surface area contributed by atoms with Crippen LogP contribution in [0.2, 0.25) is 0 Å². The fraction of sp³-hybridized carbons (Fsp3) is 0.619. The van der Waals surface area contributed by atoms with Crippen molar-refractivity contribution < 1.29 is 23.8 Å². The first kappa shape index (κ1) is 22.0. The monoisotopic (exact) mass is 392 g/mol. The van der Waals surface area contributed by atoms with Crippen molar-refractivity contribution in [3.63, 3.8) is 0 Å². The first-order chi connectivity index (χ1) is 13.6. The summed E-state index contributed by atoms with van der Waals surface area (Å²) in [6.45, 7) is 7.11. The molecule has 1 amide bonds. The average molecular weight is 392 g/mol. The lowest BCUT2D eigenvalue weighted by molar-refractivity contribution is -0.144. The lowest BCUT2D eigenvalue weighted by Gasteiger charge is -2.30. The lowest BCUT2D eigenvalue weighted by atomic mass is 10.2. The number of carbonyl (C=O) groups is 2. The van der Waals surface area contributed by atoms with Crippen molar-refractivity contribution in [2.24, 2.45) is 0 Å². The van der Waals surface area contributed by atoms with Gasteiger partial charge in [0.25, 0.3) is 5.91 Å². The summed E-state index contributed by atoms with van der Waals surface area (Å²) in [6.07, 6.45) is 2.38. The van der Waals surface area contributed by atoms with E-state index >= 15 is 0 Å². The molecular formula is C21H32N2O5. The van der Waals surface area contributed by atoms with Crippen LogP contribution in [0.1, 0.15) is 33.1 Å². The van der Waals surface area contributed by atoms with E-state index in [1.807, 2.05) is 12.1 Å². The summed E-state index contributed by atoms with van der Waals surface area (Å²) in [5.41, 5.74) is 0. The Morgan fingerprint density at radius 1 is 1.21 bits per heavy atom. The van der Waals surface area contributed by atoms with Gasteiger partial charge in [0.05, 0.1) is 20.1 Å². The van der Waals surface area contributed by atoms with E-state index < -0.39 is 0 Å². The Balaban J connectivity index is 1.99. The zero-order chi connectivity index (χ0) is 20.4. The van der Waals surface area contributed by atoms with Crippen LogP contribution < -0.4 is 9.47 Å². The van der Waals surface area contributed by atoms with Gasteiger partial charge >= 0.3 is 5.97 Å². The highest BCUT2D eigenvalue weighted by atomic mass is 16.5. The molecule has 28 heavy (non-hydrogen) atoms. The third kappa shape index (κ3) is 6.41. The van der Waals surface area contributed by atoms with E-state index in [2.05, 4.69) is 11.8 Å². The van der Waals surface area contributed by atoms with Gasteiger partial charge in [0, 0.05) is 19.1 Å². The molecule has 1 aromatic rings. The van der Waals surface area contributed by atoms with Crippen molar-refractivity contribution in [1.29, 1.82) is 0 Å². The number of nitrogens with zero attached hydrogens (tertiary/aromatic N) is 2. The van der Waals surface area contributed by atoms with E-state index in [4.69, 9.17) is 14.2 Å². The number of rotatable bonds is 11. The maximum atomic E-state index is 12.9. The Bertz CT molecular complexity index is 637. The number of carbonyl (C=O) groups excluding carboxylic acids is 2. The van der Waals surface area contributed by atoms with Gasteiger partial charge in [-0.25, -0.2) is 0 Å². The molecule has 7 heteroatoms. The number of hydrogen-bond acceptors (Lipinski definition) is 6. The van der Waals surface area contributed by atoms with Crippen LogP contribution in [0.25, 0.3) is 0 Å². The number of benzene rings is 1. The van der Waals surface area contributed by atoms with Gasteiger partial charge < -0.3 is 19.1 Å². The van der Waals surface area contributed by atoms with Gasteiger partial charge in [-0.3, -0.25) is 14.5 Å². The van der Waals surface area contributed by atoms with Gasteiger partial charge in [-0.15, -0.1) is 0 Å². The third-order valence-corrected chi connectivity index (χ3v) is 5.00. The second kappa shape index (κ2) is 11.5. The molecule has 0 radical (unpaired) electrons. The van der Waals surface area contributed by atoms with Gasteiger partial charge in [0.2, 0.25) is 0 Å². The number of hydrogen-bond donors (Lipinski definition) is 0. The molecule has 1 fully saturated rings. The van der Waals surface area contributed by atoms with Gasteiger partial charge in [-0.1, -0.05) is 19.1 Å². The number of likely N-dealkylation sites (tertiary alicyclic amines) is 1. The Hall–Kier alpha value is -2.28. The first-order valence-electron chi connectivity index (χ1n) is 10.0. The van der Waals surface area contributed by atoms with E-state index in [1.165, 1.54) is 0 Å². The second-order valence-corrected chi connectivity index (χ2v) is 6.76. The summed E-state index contributed by atoms with van der Waals surface area (Å²) < 4.78 is 16.0. The van der Waals surface area contributed by atoms with Crippen molar-refractivity contribution in [1.82, 2.24) is 9.80 Å². The van der Waals surface area contributed by atoms with Crippen molar-refractivity contribution in [3.05, 3.63) is 24.3 Å². The molecule has 1 aliphatic rings. The number of ether oxygens (including phenoxy) is 3. The van der Waals surface area contributed by atoms with Crippen LogP contribution >= 0.6 is 0 Å². The average Bonchev–Trinajstić information content (AvgIpc) is 3.16. The Labute approximate surface area is 167 Å². The molecule has 156 valence electrons. The quantitative estimate of drug-likeness (QED) is 0.539. The molecular weight excluding hydrogens is 360 g/mol. The highest BCUT2D eigenvalue weighted by molar-refractivity contribution is 5.79. The van der Waals surface area contributed by atoms with Gasteiger partial charge in [0.1, 0.15) is 0 Å². The molecule has 0 aliphatic carbocycles. The minimum Gasteiger partial charge on any atom is -0.493 e. The van der Waals surface area contributed by atoms with Gasteiger partial charge in [-0.2, -0.15) is 0 Å². The maximum absolute atomic E-state index is 12.9. The van der Waals surface area contributed by atoms with Gasteiger partial charge in [-0.05, 0) is 45.0 Å². The zero-order valence-electron chi connectivity index (χ0n) is 17.2. The number of methoxy groups -OCH3 is 1. The Morgan fingerprint density at radius 2 is 1.96 bits per heavy atom. The van der Waals surface area contributed by atoms with Crippen molar-refractivity contribution in [2.45, 2.75) is 39.2 Å². The van der Waals surface area contributed by atoms with E-state index in [-0.39, 0.29) is 24.9 Å². The largest absolute Gasteiger partial charge is 0.493 e. The molecule has 0 bridgehead atoms. The van der Waals surface area contributed by atoms with Crippen LogP contribution in [0.3, 0.4) is 0 Å². The topological polar surface area (TPSA) is 68.3 Å². The highest BCUT2D eigenvalue weighted by Crippen LogP contribution is 2.26. The lowest BCUT2D eigenvalue weighted by Crippen LogP contribution is -2.45. The molecule has 0 N–H and O–H groups in total. The normalized spacial score (nSPS) is 16.6. The summed E-state index contributed by atoms with van der Waals surface area (Å²) >= 11 is 0. The molecule has 1 unspecified atom stereocenters. The number of esters is 1. The minimum absolute atomic E-state index is 0.0952. The fourth-order valence-corrected chi connectivity index (χ4v) is 3.52. The van der Waals surface area contributed by atoms with E-state index in [9.17, 15) is 9.59 Å². The molecule has 1 heterocycles. The number of likely N-dealkylation sites (N-methyl/N-ethyl adjacent to an activating group) is 1. The van der Waals surface area contributed by atoms with Crippen LogP contribution in [0.15, 0.2) is 24.3 Å². The highest BCUT2D eigenvalue weighted by Gasteiger charge is 2.27. The summed E-state index contributed by atoms with van der Waals surface area (Å²) in [6, 6.07) is 7.56. The third-order valence-electron chi connectivity index (χ3n) is 5.00. The van der Waals surface area contributed by atoms with Crippen LogP contribution in [0, 0.1) is 0 Å². The second-order valence-electron chi connectivity index (χ2n) is 6.76. The predicted molar refractivity (Wildman–Crippen MR) is 107 cm³/mol. The summed E-state index contributed by atoms with van der Waals surface area (Å²) in [4.78, 5) is 28.7. The zero-order valence-corrected chi connectivity index (χ0v) is 17.2. The SMILES string of the molecule is CCOC(=O)CCN(CC1CCCN1CC)C(=O)COc1ccccc1OC. The maximum Gasteiger partial charge on any atom is 0.307 e.